The van der Waals surface area contributed by atoms with Crippen molar-refractivity contribution in [2.75, 3.05) is 13.1 Å². The van der Waals surface area contributed by atoms with E-state index in [-0.39, 0.29) is 24.9 Å². The number of amides is 3. The molecule has 0 aliphatic rings. The molecular weight excluding hydrogens is 536 g/mol. The van der Waals surface area contributed by atoms with Gasteiger partial charge in [0.25, 0.3) is 5.91 Å². The number of aromatic nitrogens is 2. The number of fused-ring (bicyclic) bond motifs is 1. The summed E-state index contributed by atoms with van der Waals surface area (Å²) >= 11 is 6.36. The molecule has 0 radical (unpaired) electrons. The van der Waals surface area contributed by atoms with Gasteiger partial charge in [0.05, 0.1) is 17.1 Å². The van der Waals surface area contributed by atoms with Crippen molar-refractivity contribution in [3.05, 3.63) is 100 Å². The molecule has 4 rings (SSSR count). The Hall–Kier alpha value is -4.35. The molecule has 0 saturated carbocycles. The van der Waals surface area contributed by atoms with Gasteiger partial charge in [0.2, 0.25) is 0 Å². The monoisotopic (exact) mass is 570 g/mol. The summed E-state index contributed by atoms with van der Waals surface area (Å²) in [6, 6.07) is 22.2. The van der Waals surface area contributed by atoms with E-state index >= 15 is 0 Å². The number of hydrogen-bond donors (Lipinski definition) is 1. The Morgan fingerprint density at radius 2 is 1.73 bits per heavy atom. The average molecular weight is 571 g/mol. The molecule has 3 aromatic carbocycles. The van der Waals surface area contributed by atoms with Gasteiger partial charge < -0.3 is 15.2 Å². The first-order valence-corrected chi connectivity index (χ1v) is 14.2. The predicted molar refractivity (Wildman–Crippen MR) is 161 cm³/mol. The molecule has 2 N–H and O–H groups in total. The average Bonchev–Trinajstić information content (AvgIpc) is 3.30. The summed E-state index contributed by atoms with van der Waals surface area (Å²) in [6.07, 6.45) is 3.05. The van der Waals surface area contributed by atoms with Crippen molar-refractivity contribution in [2.24, 2.45) is 11.7 Å². The van der Waals surface area contributed by atoms with Gasteiger partial charge in [-0.05, 0) is 60.2 Å². The van der Waals surface area contributed by atoms with E-state index in [0.29, 0.717) is 23.6 Å². The van der Waals surface area contributed by atoms with E-state index in [0.717, 1.165) is 39.3 Å². The minimum Gasteiger partial charge on any atom is -0.351 e. The van der Waals surface area contributed by atoms with Crippen LogP contribution >= 0.6 is 11.6 Å². The highest BCUT2D eigenvalue weighted by molar-refractivity contribution is 6.31. The maximum Gasteiger partial charge on any atom is 0.327 e. The van der Waals surface area contributed by atoms with Crippen molar-refractivity contribution in [1.29, 1.82) is 5.26 Å². The summed E-state index contributed by atoms with van der Waals surface area (Å²) < 4.78 is 2.15. The number of hydrogen-bond acceptors (Lipinski definition) is 4. The zero-order chi connectivity index (χ0) is 29.5. The number of aryl methyl sites for hydroxylation is 1. The van der Waals surface area contributed by atoms with E-state index < -0.39 is 12.1 Å². The largest absolute Gasteiger partial charge is 0.351 e. The molecule has 1 heterocycles. The first-order chi connectivity index (χ1) is 19.7. The van der Waals surface area contributed by atoms with Gasteiger partial charge in [0.15, 0.2) is 6.19 Å². The fourth-order valence-electron chi connectivity index (χ4n) is 5.10. The van der Waals surface area contributed by atoms with Crippen LogP contribution in [0.1, 0.15) is 60.5 Å². The molecule has 0 bridgehead atoms. The van der Waals surface area contributed by atoms with Crippen molar-refractivity contribution >= 4 is 34.6 Å². The van der Waals surface area contributed by atoms with Gasteiger partial charge in [0, 0.05) is 30.2 Å². The van der Waals surface area contributed by atoms with E-state index in [4.69, 9.17) is 22.3 Å². The standard InChI is InChI=1S/C32H35ClN6O2/c1-4-23-11-13-25(14-12-23)31(40)38(18-8-17-37(21-34)32(35)41)29(22(2)3)30-36-27-19-26(33)15-16-28(27)39(30)20-24-9-6-5-7-10-24/h5-7,9-16,19,22,29H,4,8,17-18,20H2,1-3H3,(H2,35,41)/t29-/m1/s1. The maximum atomic E-state index is 14.2. The first kappa shape index (κ1) is 29.6. The van der Waals surface area contributed by atoms with Crippen LogP contribution in [0.4, 0.5) is 4.79 Å². The van der Waals surface area contributed by atoms with Gasteiger partial charge in [-0.2, -0.15) is 5.26 Å². The summed E-state index contributed by atoms with van der Waals surface area (Å²) in [6.45, 7) is 7.16. The SMILES string of the molecule is CCc1ccc(C(=O)N(CCCN(C#N)C(N)=O)[C@@H](c2nc3cc(Cl)ccc3n2Cc2ccccc2)C(C)C)cc1. The van der Waals surface area contributed by atoms with Crippen molar-refractivity contribution in [3.63, 3.8) is 0 Å². The van der Waals surface area contributed by atoms with Gasteiger partial charge >= 0.3 is 6.03 Å². The molecule has 1 atom stereocenters. The number of benzene rings is 3. The quantitative estimate of drug-likeness (QED) is 0.166. The molecule has 4 aromatic rings. The zero-order valence-corrected chi connectivity index (χ0v) is 24.4. The second-order valence-corrected chi connectivity index (χ2v) is 10.8. The van der Waals surface area contributed by atoms with Crippen LogP contribution in [0.2, 0.25) is 5.02 Å². The summed E-state index contributed by atoms with van der Waals surface area (Å²) in [5.41, 5.74) is 9.82. The molecule has 0 spiro atoms. The number of carbonyl (C=O) groups is 2. The Morgan fingerprint density at radius 1 is 1.02 bits per heavy atom. The molecule has 3 amide bonds. The van der Waals surface area contributed by atoms with E-state index in [1.54, 1.807) is 0 Å². The Morgan fingerprint density at radius 3 is 2.34 bits per heavy atom. The molecule has 0 saturated heterocycles. The number of rotatable bonds is 11. The smallest absolute Gasteiger partial charge is 0.327 e. The van der Waals surface area contributed by atoms with Gasteiger partial charge in [-0.1, -0.05) is 74.8 Å². The lowest BCUT2D eigenvalue weighted by molar-refractivity contribution is 0.0600. The second-order valence-electron chi connectivity index (χ2n) is 10.4. The topological polar surface area (TPSA) is 108 Å². The zero-order valence-electron chi connectivity index (χ0n) is 23.6. The fourth-order valence-corrected chi connectivity index (χ4v) is 5.27. The summed E-state index contributed by atoms with van der Waals surface area (Å²) in [5.74, 6) is 0.579. The number of halogens is 1. The van der Waals surface area contributed by atoms with Crippen molar-refractivity contribution in [1.82, 2.24) is 19.4 Å². The molecule has 41 heavy (non-hydrogen) atoms. The Labute approximate surface area is 245 Å². The first-order valence-electron chi connectivity index (χ1n) is 13.8. The van der Waals surface area contributed by atoms with Crippen LogP contribution in [0.25, 0.3) is 11.0 Å². The molecular formula is C32H35ClN6O2. The molecule has 9 heteroatoms. The van der Waals surface area contributed by atoms with Crippen molar-refractivity contribution in [3.8, 4) is 6.19 Å². The lowest BCUT2D eigenvalue weighted by atomic mass is 9.99. The third-order valence-electron chi connectivity index (χ3n) is 7.19. The number of nitrogens with two attached hydrogens (primary N) is 1. The highest BCUT2D eigenvalue weighted by atomic mass is 35.5. The van der Waals surface area contributed by atoms with Gasteiger partial charge in [-0.3, -0.25) is 4.79 Å². The van der Waals surface area contributed by atoms with Gasteiger partial charge in [0.1, 0.15) is 5.82 Å². The molecule has 0 fully saturated rings. The number of nitrogens with zero attached hydrogens (tertiary/aromatic N) is 5. The predicted octanol–water partition coefficient (Wildman–Crippen LogP) is 6.39. The molecule has 0 unspecified atom stereocenters. The van der Waals surface area contributed by atoms with E-state index in [2.05, 4.69) is 37.5 Å². The Kier molecular flexibility index (Phi) is 9.64. The molecule has 1 aromatic heterocycles. The molecule has 212 valence electrons. The summed E-state index contributed by atoms with van der Waals surface area (Å²) in [7, 11) is 0. The van der Waals surface area contributed by atoms with Crippen LogP contribution in [-0.2, 0) is 13.0 Å². The lowest BCUT2D eigenvalue weighted by Gasteiger charge is -2.35. The maximum absolute atomic E-state index is 14.2. The fraction of sp³-hybridized carbons (Fsp3) is 0.312. The highest BCUT2D eigenvalue weighted by Crippen LogP contribution is 2.34. The third kappa shape index (κ3) is 6.87. The van der Waals surface area contributed by atoms with Crippen LogP contribution in [0.5, 0.6) is 0 Å². The van der Waals surface area contributed by atoms with Crippen LogP contribution in [0.15, 0.2) is 72.8 Å². The normalized spacial score (nSPS) is 11.8. The highest BCUT2D eigenvalue weighted by Gasteiger charge is 2.33. The number of imidazole rings is 1. The van der Waals surface area contributed by atoms with Crippen molar-refractivity contribution in [2.45, 2.75) is 46.2 Å². The number of urea groups is 1. The van der Waals surface area contributed by atoms with Crippen LogP contribution in [0.3, 0.4) is 0 Å². The van der Waals surface area contributed by atoms with Gasteiger partial charge in [-0.15, -0.1) is 0 Å². The van der Waals surface area contributed by atoms with Crippen LogP contribution in [0, 0.1) is 17.4 Å². The Balaban J connectivity index is 1.81. The van der Waals surface area contributed by atoms with Crippen LogP contribution < -0.4 is 5.73 Å². The summed E-state index contributed by atoms with van der Waals surface area (Å²) in [5, 5.41) is 9.91. The second kappa shape index (κ2) is 13.3. The van der Waals surface area contributed by atoms with Crippen LogP contribution in [-0.4, -0.2) is 44.4 Å². The lowest BCUT2D eigenvalue weighted by Crippen LogP contribution is -2.41. The van der Waals surface area contributed by atoms with Crippen molar-refractivity contribution < 1.29 is 9.59 Å². The number of primary amides is 1. The summed E-state index contributed by atoms with van der Waals surface area (Å²) in [4.78, 5) is 33.6. The molecule has 0 aliphatic heterocycles. The number of carbonyl (C=O) groups excluding carboxylic acids is 2. The third-order valence-corrected chi connectivity index (χ3v) is 7.43. The minimum atomic E-state index is -0.817. The Bertz CT molecular complexity index is 1540. The minimum absolute atomic E-state index is 0.0149. The molecule has 8 nitrogen and oxygen atoms in total. The van der Waals surface area contributed by atoms with E-state index in [9.17, 15) is 14.9 Å². The van der Waals surface area contributed by atoms with E-state index in [1.165, 1.54) is 0 Å². The molecule has 0 aliphatic carbocycles. The number of nitriles is 1. The van der Waals surface area contributed by atoms with Gasteiger partial charge in [-0.25, -0.2) is 14.7 Å². The van der Waals surface area contributed by atoms with E-state index in [1.807, 2.05) is 71.8 Å².